The summed E-state index contributed by atoms with van der Waals surface area (Å²) in [6.07, 6.45) is 2.37. The van der Waals surface area contributed by atoms with Crippen LogP contribution in [0.5, 0.6) is 0 Å². The number of nitrogens with zero attached hydrogens (tertiary/aromatic N) is 1. The summed E-state index contributed by atoms with van der Waals surface area (Å²) < 4.78 is 5.16. The van der Waals surface area contributed by atoms with Crippen LogP contribution < -0.4 is 5.32 Å². The highest BCUT2D eigenvalue weighted by Crippen LogP contribution is 2.21. The van der Waals surface area contributed by atoms with Crippen molar-refractivity contribution in [2.24, 2.45) is 0 Å². The number of nitrogens with one attached hydrogen (secondary N) is 1. The van der Waals surface area contributed by atoms with E-state index in [0.29, 0.717) is 26.3 Å². The average Bonchev–Trinajstić information content (AvgIpc) is 2.53. The Bertz CT molecular complexity index is 413. The lowest BCUT2D eigenvalue weighted by Gasteiger charge is -2.34. The molecule has 0 bridgehead atoms. The van der Waals surface area contributed by atoms with Gasteiger partial charge in [-0.2, -0.15) is 0 Å². The van der Waals surface area contributed by atoms with Crippen LogP contribution in [0.3, 0.4) is 0 Å². The van der Waals surface area contributed by atoms with Gasteiger partial charge in [-0.15, -0.1) is 0 Å². The first kappa shape index (κ1) is 19.4. The molecule has 23 heavy (non-hydrogen) atoms. The van der Waals surface area contributed by atoms with Crippen molar-refractivity contribution in [3.05, 3.63) is 0 Å². The van der Waals surface area contributed by atoms with Crippen molar-refractivity contribution >= 4 is 17.8 Å². The van der Waals surface area contributed by atoms with E-state index in [1.807, 2.05) is 13.8 Å². The molecule has 0 unspecified atom stereocenters. The molecule has 1 heterocycles. The van der Waals surface area contributed by atoms with Crippen LogP contribution in [0.15, 0.2) is 0 Å². The van der Waals surface area contributed by atoms with Crippen molar-refractivity contribution in [1.82, 2.24) is 10.2 Å². The molecule has 1 aliphatic heterocycles. The summed E-state index contributed by atoms with van der Waals surface area (Å²) in [6.45, 7) is 6.00. The largest absolute Gasteiger partial charge is 0.480 e. The van der Waals surface area contributed by atoms with Gasteiger partial charge in [-0.3, -0.25) is 9.59 Å². The maximum absolute atomic E-state index is 12.1. The van der Waals surface area contributed by atoms with Gasteiger partial charge in [0, 0.05) is 52.0 Å². The van der Waals surface area contributed by atoms with E-state index in [9.17, 15) is 19.5 Å². The summed E-state index contributed by atoms with van der Waals surface area (Å²) >= 11 is 0. The Balaban J connectivity index is 2.51. The molecule has 0 spiro atoms. The van der Waals surface area contributed by atoms with E-state index in [1.54, 1.807) is 4.90 Å². The molecule has 0 saturated carbocycles. The molecule has 132 valence electrons. The Morgan fingerprint density at radius 2 is 1.65 bits per heavy atom. The second-order valence-corrected chi connectivity index (χ2v) is 5.93. The molecule has 1 saturated heterocycles. The van der Waals surface area contributed by atoms with Crippen LogP contribution in [0.2, 0.25) is 0 Å². The molecule has 0 aliphatic carbocycles. The first-order chi connectivity index (χ1) is 10.9. The van der Waals surface area contributed by atoms with Crippen molar-refractivity contribution < 1.29 is 24.2 Å². The molecule has 0 atom stereocenters. The zero-order chi connectivity index (χ0) is 17.3. The van der Waals surface area contributed by atoms with Gasteiger partial charge in [0.2, 0.25) is 11.8 Å². The summed E-state index contributed by atoms with van der Waals surface area (Å²) in [6, 6.07) is 0. The van der Waals surface area contributed by atoms with Gasteiger partial charge in [-0.05, 0) is 12.8 Å². The molecule has 0 radical (unpaired) electrons. The highest BCUT2D eigenvalue weighted by atomic mass is 16.5. The number of carbonyl (C=O) groups excluding carboxylic acids is 2. The Labute approximate surface area is 137 Å². The van der Waals surface area contributed by atoms with Gasteiger partial charge >= 0.3 is 5.97 Å². The normalized spacial score (nSPS) is 16.6. The van der Waals surface area contributed by atoms with Gasteiger partial charge < -0.3 is 20.1 Å². The molecule has 1 aliphatic rings. The minimum Gasteiger partial charge on any atom is -0.480 e. The van der Waals surface area contributed by atoms with Gasteiger partial charge in [-0.25, -0.2) is 4.79 Å². The van der Waals surface area contributed by atoms with E-state index < -0.39 is 17.4 Å². The number of amides is 2. The number of aliphatic carboxylic acids is 1. The maximum Gasteiger partial charge on any atom is 0.329 e. The second kappa shape index (κ2) is 9.50. The topological polar surface area (TPSA) is 95.9 Å². The minimum atomic E-state index is -1.26. The molecule has 7 heteroatoms. The molecule has 0 aromatic heterocycles. The monoisotopic (exact) mass is 328 g/mol. The predicted octanol–water partition coefficient (Wildman–Crippen LogP) is 1.17. The number of hydrogen-bond acceptors (Lipinski definition) is 4. The van der Waals surface area contributed by atoms with E-state index in [0.717, 1.165) is 12.8 Å². The lowest BCUT2D eigenvalue weighted by molar-refractivity contribution is -0.152. The third kappa shape index (κ3) is 5.82. The van der Waals surface area contributed by atoms with Crippen LogP contribution in [0, 0.1) is 0 Å². The standard InChI is InChI=1S/C16H28N2O5/c1-3-9-18(10-4-2)14(20)6-5-13(19)17-16(15(21)22)7-11-23-12-8-16/h3-12H2,1-2H3,(H,17,19)(H,21,22). The van der Waals surface area contributed by atoms with Gasteiger partial charge in [0.15, 0.2) is 0 Å². The fourth-order valence-corrected chi connectivity index (χ4v) is 2.72. The summed E-state index contributed by atoms with van der Waals surface area (Å²) in [7, 11) is 0. The van der Waals surface area contributed by atoms with Crippen molar-refractivity contribution in [1.29, 1.82) is 0 Å². The zero-order valence-electron chi connectivity index (χ0n) is 14.1. The fourth-order valence-electron chi connectivity index (χ4n) is 2.72. The molecule has 0 aromatic rings. The number of carbonyl (C=O) groups is 3. The quantitative estimate of drug-likeness (QED) is 0.662. The smallest absolute Gasteiger partial charge is 0.329 e. The molecule has 1 rings (SSSR count). The van der Waals surface area contributed by atoms with Crippen LogP contribution in [0.25, 0.3) is 0 Å². The molecule has 1 fully saturated rings. The molecule has 2 amide bonds. The Kier molecular flexibility index (Phi) is 8.02. The van der Waals surface area contributed by atoms with Crippen LogP contribution in [-0.4, -0.2) is 59.6 Å². The summed E-state index contributed by atoms with van der Waals surface area (Å²) in [5, 5.41) is 12.0. The molecule has 2 N–H and O–H groups in total. The van der Waals surface area contributed by atoms with Crippen molar-refractivity contribution in [3.63, 3.8) is 0 Å². The first-order valence-electron chi connectivity index (χ1n) is 8.35. The summed E-state index contributed by atoms with van der Waals surface area (Å²) in [5.41, 5.74) is -1.26. The van der Waals surface area contributed by atoms with Crippen LogP contribution >= 0.6 is 0 Å². The predicted molar refractivity (Wildman–Crippen MR) is 85.0 cm³/mol. The SMILES string of the molecule is CCCN(CCC)C(=O)CCC(=O)NC1(C(=O)O)CCOCC1. The fraction of sp³-hybridized carbons (Fsp3) is 0.812. The maximum atomic E-state index is 12.1. The van der Waals surface area contributed by atoms with E-state index >= 15 is 0 Å². The Morgan fingerprint density at radius 3 is 2.13 bits per heavy atom. The number of rotatable bonds is 9. The highest BCUT2D eigenvalue weighted by Gasteiger charge is 2.41. The van der Waals surface area contributed by atoms with Crippen molar-refractivity contribution in [2.45, 2.75) is 57.9 Å². The third-order valence-corrected chi connectivity index (χ3v) is 4.04. The highest BCUT2D eigenvalue weighted by molar-refractivity contribution is 5.89. The molecular formula is C16H28N2O5. The number of hydrogen-bond donors (Lipinski definition) is 2. The second-order valence-electron chi connectivity index (χ2n) is 5.93. The lowest BCUT2D eigenvalue weighted by atomic mass is 9.90. The number of ether oxygens (including phenoxy) is 1. The van der Waals surface area contributed by atoms with Crippen LogP contribution in [-0.2, 0) is 19.1 Å². The molecular weight excluding hydrogens is 300 g/mol. The summed E-state index contributed by atoms with van der Waals surface area (Å²) in [4.78, 5) is 37.5. The van der Waals surface area contributed by atoms with E-state index in [2.05, 4.69) is 5.32 Å². The molecule has 7 nitrogen and oxygen atoms in total. The van der Waals surface area contributed by atoms with Crippen LogP contribution in [0.4, 0.5) is 0 Å². The van der Waals surface area contributed by atoms with Crippen molar-refractivity contribution in [2.75, 3.05) is 26.3 Å². The first-order valence-corrected chi connectivity index (χ1v) is 8.35. The minimum absolute atomic E-state index is 0.0125. The van der Waals surface area contributed by atoms with Gasteiger partial charge in [-0.1, -0.05) is 13.8 Å². The van der Waals surface area contributed by atoms with Gasteiger partial charge in [0.05, 0.1) is 0 Å². The third-order valence-electron chi connectivity index (χ3n) is 4.04. The van der Waals surface area contributed by atoms with Gasteiger partial charge in [0.25, 0.3) is 0 Å². The van der Waals surface area contributed by atoms with Crippen LogP contribution in [0.1, 0.15) is 52.4 Å². The average molecular weight is 328 g/mol. The van der Waals surface area contributed by atoms with Gasteiger partial charge in [0.1, 0.15) is 5.54 Å². The van der Waals surface area contributed by atoms with E-state index in [1.165, 1.54) is 0 Å². The van der Waals surface area contributed by atoms with Crippen molar-refractivity contribution in [3.8, 4) is 0 Å². The lowest BCUT2D eigenvalue weighted by Crippen LogP contribution is -2.57. The number of carboxylic acids is 1. The van der Waals surface area contributed by atoms with E-state index in [-0.39, 0.29) is 31.6 Å². The zero-order valence-corrected chi connectivity index (χ0v) is 14.1. The Morgan fingerprint density at radius 1 is 1.09 bits per heavy atom. The Hall–Kier alpha value is -1.63. The number of carboxylic acid groups (broad SMARTS) is 1. The summed E-state index contributed by atoms with van der Waals surface area (Å²) in [5.74, 6) is -1.49. The molecule has 0 aromatic carbocycles. The van der Waals surface area contributed by atoms with E-state index in [4.69, 9.17) is 4.74 Å².